The van der Waals surface area contributed by atoms with Crippen LogP contribution in [0, 0.1) is 0 Å². The summed E-state index contributed by atoms with van der Waals surface area (Å²) in [4.78, 5) is 0. The van der Waals surface area contributed by atoms with Crippen LogP contribution < -0.4 is 5.32 Å². The fraction of sp³-hybridized carbons (Fsp3) is 1.00. The molecule has 0 aromatic rings. The first-order chi connectivity index (χ1) is 7.07. The molecule has 0 saturated heterocycles. The lowest BCUT2D eigenvalue weighted by Crippen LogP contribution is -2.34. The molecule has 0 fully saturated rings. The molecule has 0 aromatic heterocycles. The van der Waals surface area contributed by atoms with Gasteiger partial charge in [-0.2, -0.15) is 0 Å². The van der Waals surface area contributed by atoms with Crippen molar-refractivity contribution in [1.82, 2.24) is 5.32 Å². The Morgan fingerprint density at radius 2 is 1.87 bits per heavy atom. The van der Waals surface area contributed by atoms with Crippen LogP contribution in [0.15, 0.2) is 0 Å². The summed E-state index contributed by atoms with van der Waals surface area (Å²) in [5.41, 5.74) is 0. The molecule has 0 amide bonds. The molecule has 2 nitrogen and oxygen atoms in total. The maximum atomic E-state index is 11.1. The van der Waals surface area contributed by atoms with Gasteiger partial charge in [0.05, 0.1) is 0 Å². The summed E-state index contributed by atoms with van der Waals surface area (Å²) >= 11 is 0. The van der Waals surface area contributed by atoms with E-state index in [0.717, 1.165) is 6.54 Å². The maximum Gasteiger partial charge on any atom is 0.0441 e. The van der Waals surface area contributed by atoms with Gasteiger partial charge in [-0.3, -0.25) is 4.21 Å². The van der Waals surface area contributed by atoms with Crippen molar-refractivity contribution in [2.75, 3.05) is 12.8 Å². The SMILES string of the molecule is CCCCCCC(C)NCC(C)S(C)=O. The molecule has 3 heteroatoms. The van der Waals surface area contributed by atoms with Crippen molar-refractivity contribution in [3.63, 3.8) is 0 Å². The number of nitrogens with one attached hydrogen (secondary N) is 1. The summed E-state index contributed by atoms with van der Waals surface area (Å²) in [6.07, 6.45) is 8.32. The molecule has 0 spiro atoms. The summed E-state index contributed by atoms with van der Waals surface area (Å²) in [5, 5.41) is 3.71. The van der Waals surface area contributed by atoms with Gasteiger partial charge in [0, 0.05) is 34.9 Å². The highest BCUT2D eigenvalue weighted by Gasteiger charge is 2.07. The summed E-state index contributed by atoms with van der Waals surface area (Å²) in [6, 6.07) is 0.563. The molecule has 0 rings (SSSR count). The molecule has 0 aliphatic carbocycles. The monoisotopic (exact) mass is 233 g/mol. The molecule has 15 heavy (non-hydrogen) atoms. The topological polar surface area (TPSA) is 29.1 Å². The van der Waals surface area contributed by atoms with Crippen molar-refractivity contribution in [1.29, 1.82) is 0 Å². The van der Waals surface area contributed by atoms with E-state index in [1.165, 1.54) is 32.1 Å². The van der Waals surface area contributed by atoms with Crippen LogP contribution in [-0.4, -0.2) is 28.3 Å². The first-order valence-electron chi connectivity index (χ1n) is 6.13. The predicted octanol–water partition coefficient (Wildman–Crippen LogP) is 2.70. The van der Waals surface area contributed by atoms with Crippen LogP contribution in [0.4, 0.5) is 0 Å². The summed E-state index contributed by atoms with van der Waals surface area (Å²) in [5.74, 6) is 0. The minimum Gasteiger partial charge on any atom is -0.313 e. The van der Waals surface area contributed by atoms with Gasteiger partial charge >= 0.3 is 0 Å². The van der Waals surface area contributed by atoms with Crippen LogP contribution in [0.3, 0.4) is 0 Å². The minimum atomic E-state index is -0.698. The van der Waals surface area contributed by atoms with Gasteiger partial charge in [-0.05, 0) is 20.3 Å². The van der Waals surface area contributed by atoms with Crippen molar-refractivity contribution in [3.8, 4) is 0 Å². The Kier molecular flexibility index (Phi) is 9.41. The molecule has 3 atom stereocenters. The highest BCUT2D eigenvalue weighted by molar-refractivity contribution is 7.84. The third-order valence-corrected chi connectivity index (χ3v) is 4.11. The second-order valence-corrected chi connectivity index (χ2v) is 6.27. The van der Waals surface area contributed by atoms with E-state index in [0.29, 0.717) is 6.04 Å². The molecular weight excluding hydrogens is 206 g/mol. The number of hydrogen-bond donors (Lipinski definition) is 1. The minimum absolute atomic E-state index is 0.267. The van der Waals surface area contributed by atoms with E-state index in [9.17, 15) is 4.21 Å². The lowest BCUT2D eigenvalue weighted by atomic mass is 10.1. The normalized spacial score (nSPS) is 17.3. The van der Waals surface area contributed by atoms with E-state index in [1.807, 2.05) is 6.92 Å². The van der Waals surface area contributed by atoms with Gasteiger partial charge in [0.2, 0.25) is 0 Å². The van der Waals surface area contributed by atoms with Crippen molar-refractivity contribution in [3.05, 3.63) is 0 Å². The van der Waals surface area contributed by atoms with Gasteiger partial charge < -0.3 is 5.32 Å². The van der Waals surface area contributed by atoms with E-state index in [4.69, 9.17) is 0 Å². The third-order valence-electron chi connectivity index (χ3n) is 2.81. The summed E-state index contributed by atoms with van der Waals surface area (Å²) in [6.45, 7) is 7.36. The molecule has 0 radical (unpaired) electrons. The molecule has 3 unspecified atom stereocenters. The Morgan fingerprint density at radius 3 is 2.40 bits per heavy atom. The Labute approximate surface area is 97.7 Å². The lowest BCUT2D eigenvalue weighted by molar-refractivity contribution is 0.484. The molecule has 0 aromatic carbocycles. The summed E-state index contributed by atoms with van der Waals surface area (Å²) < 4.78 is 11.1. The van der Waals surface area contributed by atoms with Crippen LogP contribution in [0.1, 0.15) is 52.9 Å². The van der Waals surface area contributed by atoms with Gasteiger partial charge in [0.1, 0.15) is 0 Å². The molecule has 0 saturated carbocycles. The lowest BCUT2D eigenvalue weighted by Gasteiger charge is -2.16. The van der Waals surface area contributed by atoms with E-state index < -0.39 is 10.8 Å². The van der Waals surface area contributed by atoms with Crippen molar-refractivity contribution in [2.24, 2.45) is 0 Å². The Hall–Kier alpha value is 0.110. The third kappa shape index (κ3) is 9.06. The van der Waals surface area contributed by atoms with Gasteiger partial charge in [0.15, 0.2) is 0 Å². The number of rotatable bonds is 9. The van der Waals surface area contributed by atoms with Gasteiger partial charge in [-0.1, -0.05) is 32.6 Å². The van der Waals surface area contributed by atoms with Crippen LogP contribution >= 0.6 is 0 Å². The smallest absolute Gasteiger partial charge is 0.0441 e. The Morgan fingerprint density at radius 1 is 1.20 bits per heavy atom. The fourth-order valence-electron chi connectivity index (χ4n) is 1.46. The maximum absolute atomic E-state index is 11.1. The highest BCUT2D eigenvalue weighted by Crippen LogP contribution is 2.05. The van der Waals surface area contributed by atoms with Gasteiger partial charge in [-0.15, -0.1) is 0 Å². The predicted molar refractivity (Wildman–Crippen MR) is 69.8 cm³/mol. The molecule has 0 aliphatic heterocycles. The second kappa shape index (κ2) is 9.34. The zero-order chi connectivity index (χ0) is 11.7. The molecular formula is C12H27NOS. The standard InChI is InChI=1S/C12H27NOS/c1-5-6-7-8-9-11(2)13-10-12(3)15(4)14/h11-13H,5-10H2,1-4H3. The molecule has 92 valence electrons. The first kappa shape index (κ1) is 15.1. The first-order valence-corrected chi connectivity index (χ1v) is 7.75. The van der Waals surface area contributed by atoms with Crippen LogP contribution in [-0.2, 0) is 10.8 Å². The molecule has 0 heterocycles. The van der Waals surface area contributed by atoms with Crippen LogP contribution in [0.25, 0.3) is 0 Å². The Balaban J connectivity index is 3.40. The Bertz CT molecular complexity index is 173. The van der Waals surface area contributed by atoms with E-state index >= 15 is 0 Å². The zero-order valence-corrected chi connectivity index (χ0v) is 11.5. The average Bonchev–Trinajstić information content (AvgIpc) is 2.20. The summed E-state index contributed by atoms with van der Waals surface area (Å²) in [7, 11) is -0.698. The van der Waals surface area contributed by atoms with Gasteiger partial charge in [-0.25, -0.2) is 0 Å². The fourth-order valence-corrected chi connectivity index (χ4v) is 1.79. The van der Waals surface area contributed by atoms with Gasteiger partial charge in [0.25, 0.3) is 0 Å². The largest absolute Gasteiger partial charge is 0.313 e. The van der Waals surface area contributed by atoms with E-state index in [2.05, 4.69) is 19.2 Å². The molecule has 0 bridgehead atoms. The van der Waals surface area contributed by atoms with Crippen LogP contribution in [0.2, 0.25) is 0 Å². The van der Waals surface area contributed by atoms with E-state index in [-0.39, 0.29) is 5.25 Å². The number of hydrogen-bond acceptors (Lipinski definition) is 2. The molecule has 1 N–H and O–H groups in total. The van der Waals surface area contributed by atoms with Crippen molar-refractivity contribution >= 4 is 10.8 Å². The van der Waals surface area contributed by atoms with Crippen molar-refractivity contribution < 1.29 is 4.21 Å². The average molecular weight is 233 g/mol. The zero-order valence-electron chi connectivity index (χ0n) is 10.7. The highest BCUT2D eigenvalue weighted by atomic mass is 32.2. The van der Waals surface area contributed by atoms with Crippen LogP contribution in [0.5, 0.6) is 0 Å². The van der Waals surface area contributed by atoms with E-state index in [1.54, 1.807) is 6.26 Å². The number of unbranched alkanes of at least 4 members (excludes halogenated alkanes) is 3. The second-order valence-electron chi connectivity index (χ2n) is 4.47. The van der Waals surface area contributed by atoms with Crippen molar-refractivity contribution in [2.45, 2.75) is 64.2 Å². The quantitative estimate of drug-likeness (QED) is 0.620. The molecule has 0 aliphatic rings.